The second kappa shape index (κ2) is 68.0. The highest BCUT2D eigenvalue weighted by Crippen LogP contribution is 2.15. The Morgan fingerprint density at radius 2 is 0.448 bits per heavy atom. The molecule has 0 rings (SSSR count). The summed E-state index contributed by atoms with van der Waals surface area (Å²) in [5.41, 5.74) is 27.8. The molecule has 0 radical (unpaired) electrons. The van der Waals surface area contributed by atoms with Gasteiger partial charge >= 0.3 is 5.97 Å². The molecule has 19 atom stereocenters. The molecule has 812 valence electrons. The highest BCUT2D eigenvalue weighted by atomic mass is 32.2. The van der Waals surface area contributed by atoms with Gasteiger partial charge in [0.05, 0.1) is 19.2 Å². The lowest BCUT2D eigenvalue weighted by molar-refractivity contribution is -0.142. The molecule has 0 aromatic heterocycles. The third-order valence-electron chi connectivity index (χ3n) is 21.4. The normalized spacial score (nSPS) is 15.1. The number of aliphatic carboxylic acids is 1. The number of hydrogen-bond donors (Lipinski definition) is 34. The van der Waals surface area contributed by atoms with Crippen LogP contribution in [0.5, 0.6) is 0 Å². The fraction of sp³-hybridized carbons (Fsp3) is 0.727. The van der Waals surface area contributed by atoms with Crippen LogP contribution in [0.4, 0.5) is 0 Å². The Hall–Kier alpha value is -13.2. The molecule has 0 saturated carbocycles. The number of hydrogen-bond acceptors (Lipinski definition) is 27. The maximum atomic E-state index is 14.5. The number of rotatable bonds is 69. The molecule has 39 N–H and O–H groups in total. The first-order valence-electron chi connectivity index (χ1n) is 47.8. The number of thioether (sulfide) groups is 1. The van der Waals surface area contributed by atoms with Crippen LogP contribution in [0.2, 0.25) is 0 Å². The summed E-state index contributed by atoms with van der Waals surface area (Å²) >= 11 is 1.46. The van der Waals surface area contributed by atoms with Crippen molar-refractivity contribution in [2.75, 3.05) is 51.3 Å². The molecular formula is C88H162N32O22S. The number of nitrogens with two attached hydrogens (primary N) is 5. The van der Waals surface area contributed by atoms with Gasteiger partial charge in [-0.1, -0.05) is 69.2 Å². The van der Waals surface area contributed by atoms with E-state index in [0.717, 1.165) is 0 Å². The van der Waals surface area contributed by atoms with Gasteiger partial charge in [0.15, 0.2) is 23.8 Å². The topological polar surface area (TPSA) is 884 Å². The fourth-order valence-corrected chi connectivity index (χ4v) is 14.0. The van der Waals surface area contributed by atoms with Crippen molar-refractivity contribution in [1.29, 1.82) is 21.6 Å². The molecular weight excluding hydrogens is 1890 g/mol. The Balaban J connectivity index is 6.59. The van der Waals surface area contributed by atoms with E-state index in [1.807, 2.05) is 6.26 Å². The van der Waals surface area contributed by atoms with Crippen LogP contribution in [0, 0.1) is 51.2 Å². The van der Waals surface area contributed by atoms with Gasteiger partial charge in [-0.05, 0) is 187 Å². The molecule has 0 fully saturated rings. The standard InChI is InChI=1S/C88H162N32O22S/c1-41(2)34-59(111-65(122)39-102-66(123)46(11)103-67(124)47(12)106-76(133)56(25-21-30-99-86(92)93)115-83(140)64(40-121)120-73(130)50(15)105-74(131)54(89)28-33-143-19)79(136)108-48(13)68(125)104-49(14)69(126)112-57(26-22-31-100-87(94)95)77(134)117-60(35-42(3)4)80(137)109-51(16)70(127)113-58(27-23-32-101-88(96)97)78(135)118-61(36-43(5)6)81(138)110-52(17)71(128)116-62(37-44(7)8)82(139)114-55(24-20-29-98-85(90)91)75(132)107-53(18)72(129)119-63(84(141)142)38-45(9)10/h41-64,121H,20-40,89H2,1-19H3,(H,102,123)(H,103,124)(H,104,125)(H,105,131)(H,106,133)(H,107,132)(H,108,136)(H,109,137)(H,110,138)(H,111,122)(H,112,126)(H,113,127)(H,114,139)(H,115,140)(H,116,128)(H,117,134)(H,118,135)(H,119,129)(H,120,130)(H,141,142)(H4,90,91,98)(H4,92,93,99)(H4,94,95,100)(H4,96,97,101)/t46-,47-,48-,49-,50-,51-,52-,53-,54-,55-,56-,57-,58-,59-,60-,61-,62-,63-,64-/m0/s1. The number of carbonyl (C=O) groups excluding carboxylic acids is 19. The zero-order valence-corrected chi connectivity index (χ0v) is 86.4. The highest BCUT2D eigenvalue weighted by molar-refractivity contribution is 7.98. The first-order valence-corrected chi connectivity index (χ1v) is 49.2. The Bertz CT molecular complexity index is 4280. The van der Waals surface area contributed by atoms with Crippen molar-refractivity contribution in [1.82, 2.24) is 122 Å². The summed E-state index contributed by atoms with van der Waals surface area (Å²) in [6.45, 7) is 26.2. The highest BCUT2D eigenvalue weighted by Gasteiger charge is 2.39. The van der Waals surface area contributed by atoms with E-state index in [0.29, 0.717) is 12.2 Å². The molecule has 0 spiro atoms. The lowest BCUT2D eigenvalue weighted by atomic mass is 10.0. The Morgan fingerprint density at radius 1 is 0.252 bits per heavy atom. The SMILES string of the molecule is CSCC[C@H](N)C(=O)N[C@@H](C)C(=O)N[C@@H](CO)C(=O)N[C@@H](CCCNC(=N)N)C(=O)N[C@@H](C)C(=O)N[C@@H](C)C(=O)NCC(=O)N[C@@H](CC(C)C)C(=O)N[C@@H](C)C(=O)N[C@@H](C)C(=O)N[C@@H](CCCNC(=N)N)C(=O)N[C@@H](CC(C)C)C(=O)N[C@@H](C)C(=O)N[C@@H](CCCNC(=N)N)C(=O)N[C@@H](CC(C)C)C(=O)N[C@@H](C)C(=O)N[C@@H](CC(C)C)C(=O)N[C@@H](CCCNC(=N)N)C(=O)N[C@@H](C)C(=O)N[C@@H](CC(C)C)C(=O)O. The van der Waals surface area contributed by atoms with Crippen molar-refractivity contribution in [3.05, 3.63) is 0 Å². The van der Waals surface area contributed by atoms with E-state index in [9.17, 15) is 106 Å². The van der Waals surface area contributed by atoms with Gasteiger partial charge in [-0.15, -0.1) is 0 Å². The Labute approximate surface area is 839 Å². The van der Waals surface area contributed by atoms with Crippen LogP contribution in [0.15, 0.2) is 0 Å². The summed E-state index contributed by atoms with van der Waals surface area (Å²) in [4.78, 5) is 274. The van der Waals surface area contributed by atoms with Crippen molar-refractivity contribution < 1.29 is 106 Å². The molecule has 0 unspecified atom stereocenters. The summed E-state index contributed by atoms with van der Waals surface area (Å²) in [5.74, 6) is -20.4. The second-order valence-electron chi connectivity index (χ2n) is 37.2. The van der Waals surface area contributed by atoms with E-state index < -0.39 is 264 Å². The number of carbonyl (C=O) groups is 20. The van der Waals surface area contributed by atoms with Crippen LogP contribution in [-0.4, -0.2) is 318 Å². The van der Waals surface area contributed by atoms with Gasteiger partial charge in [0.2, 0.25) is 112 Å². The van der Waals surface area contributed by atoms with Crippen molar-refractivity contribution >= 4 is 154 Å². The van der Waals surface area contributed by atoms with Crippen molar-refractivity contribution in [2.45, 2.75) is 329 Å². The molecule has 0 heterocycles. The van der Waals surface area contributed by atoms with Gasteiger partial charge in [0.25, 0.3) is 0 Å². The lowest BCUT2D eigenvalue weighted by Crippen LogP contribution is -2.60. The first kappa shape index (κ1) is 130. The predicted molar refractivity (Wildman–Crippen MR) is 533 cm³/mol. The summed E-state index contributed by atoms with van der Waals surface area (Å²) in [5, 5.41) is 108. The third-order valence-corrected chi connectivity index (χ3v) is 22.0. The van der Waals surface area contributed by atoms with Crippen LogP contribution >= 0.6 is 11.8 Å². The number of aliphatic hydroxyl groups excluding tert-OH is 1. The molecule has 19 amide bonds. The summed E-state index contributed by atoms with van der Waals surface area (Å²) in [6.07, 6.45) is 2.03. The molecule has 0 bridgehead atoms. The minimum atomic E-state index is -1.63. The van der Waals surface area contributed by atoms with Gasteiger partial charge in [-0.2, -0.15) is 11.8 Å². The number of guanidine groups is 4. The number of carboxylic acids is 1. The maximum absolute atomic E-state index is 14.5. The Kier molecular flexibility index (Phi) is 61.7. The summed E-state index contributed by atoms with van der Waals surface area (Å²) in [7, 11) is 0. The van der Waals surface area contributed by atoms with Gasteiger partial charge in [0.1, 0.15) is 109 Å². The van der Waals surface area contributed by atoms with Crippen molar-refractivity contribution in [2.24, 2.45) is 58.3 Å². The van der Waals surface area contributed by atoms with E-state index >= 15 is 0 Å². The van der Waals surface area contributed by atoms with Gasteiger partial charge in [-0.25, -0.2) is 4.79 Å². The lowest BCUT2D eigenvalue weighted by Gasteiger charge is -2.28. The Morgan fingerprint density at radius 3 is 0.713 bits per heavy atom. The zero-order chi connectivity index (χ0) is 110. The summed E-state index contributed by atoms with van der Waals surface area (Å²) in [6, 6.07) is -25.9. The van der Waals surface area contributed by atoms with Crippen LogP contribution in [0.3, 0.4) is 0 Å². The van der Waals surface area contributed by atoms with E-state index in [2.05, 4.69) is 122 Å². The first-order chi connectivity index (χ1) is 66.6. The maximum Gasteiger partial charge on any atom is 0.326 e. The molecule has 143 heavy (non-hydrogen) atoms. The van der Waals surface area contributed by atoms with E-state index in [1.54, 1.807) is 69.2 Å². The van der Waals surface area contributed by atoms with E-state index in [-0.39, 0.29) is 145 Å². The average molecular weight is 2050 g/mol. The molecule has 0 aliphatic heterocycles. The third kappa shape index (κ3) is 55.1. The fourth-order valence-electron chi connectivity index (χ4n) is 13.5. The largest absolute Gasteiger partial charge is 0.480 e. The van der Waals surface area contributed by atoms with E-state index in [4.69, 9.17) is 50.3 Å². The van der Waals surface area contributed by atoms with Crippen molar-refractivity contribution in [3.8, 4) is 0 Å². The quantitative estimate of drug-likeness (QED) is 0.0153. The van der Waals surface area contributed by atoms with Crippen molar-refractivity contribution in [3.63, 3.8) is 0 Å². The summed E-state index contributed by atoms with van der Waals surface area (Å²) < 4.78 is 0. The van der Waals surface area contributed by atoms with Crippen LogP contribution in [0.25, 0.3) is 0 Å². The van der Waals surface area contributed by atoms with Crippen LogP contribution in [0.1, 0.15) is 215 Å². The second-order valence-corrected chi connectivity index (χ2v) is 38.2. The monoisotopic (exact) mass is 2050 g/mol. The minimum absolute atomic E-state index is 0.00395. The molecule has 0 aromatic rings. The van der Waals surface area contributed by atoms with Crippen LogP contribution < -0.4 is 151 Å². The van der Waals surface area contributed by atoms with Crippen LogP contribution in [-0.2, 0) is 95.9 Å². The molecule has 0 aliphatic carbocycles. The molecule has 55 heteroatoms. The number of carboxylic acid groups (broad SMARTS) is 1. The van der Waals surface area contributed by atoms with Gasteiger partial charge in [0, 0.05) is 26.2 Å². The zero-order valence-electron chi connectivity index (χ0n) is 85.6. The number of nitrogens with one attached hydrogen (secondary N) is 27. The molecule has 0 saturated heterocycles. The smallest absolute Gasteiger partial charge is 0.326 e. The predicted octanol–water partition coefficient (Wildman–Crippen LogP) is -8.57. The minimum Gasteiger partial charge on any atom is -0.480 e. The van der Waals surface area contributed by atoms with E-state index in [1.165, 1.54) is 67.2 Å². The number of amides is 19. The van der Waals surface area contributed by atoms with Gasteiger partial charge < -0.3 is 161 Å². The molecule has 54 nitrogen and oxygen atoms in total. The molecule has 0 aliphatic rings. The molecule has 0 aromatic carbocycles. The van der Waals surface area contributed by atoms with Gasteiger partial charge in [-0.3, -0.25) is 113 Å². The average Bonchev–Trinajstić information content (AvgIpc) is 0.860. The number of aliphatic hydroxyl groups is 1.